The first kappa shape index (κ1) is 14.1. The molecule has 3 heterocycles. The monoisotopic (exact) mass is 301 g/mol. The van der Waals surface area contributed by atoms with E-state index >= 15 is 0 Å². The van der Waals surface area contributed by atoms with Crippen LogP contribution in [0.1, 0.15) is 17.8 Å². The van der Waals surface area contributed by atoms with Crippen molar-refractivity contribution in [3.05, 3.63) is 38.6 Å². The van der Waals surface area contributed by atoms with Gasteiger partial charge in [0, 0.05) is 26.6 Å². The van der Waals surface area contributed by atoms with E-state index < -0.39 is 11.2 Å². The molecule has 114 valence electrons. The Balaban J connectivity index is 1.99. The first-order valence-electron chi connectivity index (χ1n) is 6.86. The lowest BCUT2D eigenvalue weighted by molar-refractivity contribution is 0.438. The molecule has 0 amide bonds. The molecule has 0 fully saturated rings. The number of aromatic nitrogens is 5. The number of anilines is 1. The highest BCUT2D eigenvalue weighted by molar-refractivity contribution is 5.51. The second-order valence-electron chi connectivity index (χ2n) is 5.28. The molecule has 1 aliphatic rings. The molecule has 22 heavy (non-hydrogen) atoms. The summed E-state index contributed by atoms with van der Waals surface area (Å²) in [4.78, 5) is 28.2. The lowest BCUT2D eigenvalue weighted by Crippen LogP contribution is -2.42. The zero-order valence-electron chi connectivity index (χ0n) is 12.3. The Morgan fingerprint density at radius 2 is 2.14 bits per heavy atom. The lowest BCUT2D eigenvalue weighted by Gasteiger charge is -2.25. The molecule has 9 heteroatoms. The van der Waals surface area contributed by atoms with Crippen LogP contribution in [0.3, 0.4) is 0 Å². The number of nitriles is 1. The molecule has 9 nitrogen and oxygen atoms in total. The first-order valence-corrected chi connectivity index (χ1v) is 6.86. The van der Waals surface area contributed by atoms with Gasteiger partial charge in [-0.05, 0) is 6.42 Å². The van der Waals surface area contributed by atoms with Gasteiger partial charge in [0.2, 0.25) is 0 Å². The number of aryl methyl sites for hydroxylation is 1. The molecule has 0 bridgehead atoms. The Kier molecular flexibility index (Phi) is 3.29. The fraction of sp³-hybridized carbons (Fsp3) is 0.462. The van der Waals surface area contributed by atoms with Gasteiger partial charge in [-0.3, -0.25) is 13.9 Å². The zero-order valence-corrected chi connectivity index (χ0v) is 12.3. The quantitative estimate of drug-likeness (QED) is 0.759. The van der Waals surface area contributed by atoms with E-state index in [0.717, 1.165) is 23.2 Å². The molecule has 0 saturated heterocycles. The third-order valence-corrected chi connectivity index (χ3v) is 3.92. The summed E-state index contributed by atoms with van der Waals surface area (Å²) in [6, 6.07) is 1.86. The van der Waals surface area contributed by atoms with E-state index in [1.807, 2.05) is 6.07 Å². The standard InChI is InChI=1S/C13H15N7O2/c1-18-11(9(5-14)12(21)19(2)13(18)22)17-8-3-4-10-15-7-16-20(10)6-8/h7-8,17H,3-4,6H2,1-2H3/t8-/m0/s1. The number of nitrogens with zero attached hydrogens (tertiary/aromatic N) is 6. The highest BCUT2D eigenvalue weighted by Gasteiger charge is 2.23. The molecule has 2 aromatic rings. The van der Waals surface area contributed by atoms with E-state index in [4.69, 9.17) is 0 Å². The summed E-state index contributed by atoms with van der Waals surface area (Å²) in [6.07, 6.45) is 3.04. The van der Waals surface area contributed by atoms with E-state index in [9.17, 15) is 14.9 Å². The number of hydrogen-bond acceptors (Lipinski definition) is 6. The third kappa shape index (κ3) is 2.09. The van der Waals surface area contributed by atoms with Crippen LogP contribution in [0.25, 0.3) is 0 Å². The van der Waals surface area contributed by atoms with Crippen LogP contribution < -0.4 is 16.6 Å². The zero-order chi connectivity index (χ0) is 15.9. The summed E-state index contributed by atoms with van der Waals surface area (Å²) in [5.74, 6) is 1.17. The fourth-order valence-electron chi connectivity index (χ4n) is 2.66. The van der Waals surface area contributed by atoms with Gasteiger partial charge >= 0.3 is 5.69 Å². The van der Waals surface area contributed by atoms with E-state index in [2.05, 4.69) is 15.4 Å². The number of rotatable bonds is 2. The van der Waals surface area contributed by atoms with E-state index in [1.165, 1.54) is 25.0 Å². The van der Waals surface area contributed by atoms with Crippen molar-refractivity contribution < 1.29 is 0 Å². The minimum atomic E-state index is -0.592. The van der Waals surface area contributed by atoms with Crippen LogP contribution in [-0.4, -0.2) is 29.9 Å². The smallest absolute Gasteiger partial charge is 0.332 e. The van der Waals surface area contributed by atoms with Crippen molar-refractivity contribution >= 4 is 5.82 Å². The molecular formula is C13H15N7O2. The molecule has 2 aromatic heterocycles. The van der Waals surface area contributed by atoms with Crippen LogP contribution in [0.2, 0.25) is 0 Å². The van der Waals surface area contributed by atoms with Gasteiger partial charge in [-0.25, -0.2) is 14.5 Å². The predicted molar refractivity (Wildman–Crippen MR) is 77.4 cm³/mol. The fourth-order valence-corrected chi connectivity index (χ4v) is 2.66. The van der Waals surface area contributed by atoms with Crippen LogP contribution in [0.15, 0.2) is 15.9 Å². The Hall–Kier alpha value is -2.89. The Bertz CT molecular complexity index is 883. The summed E-state index contributed by atoms with van der Waals surface area (Å²) < 4.78 is 4.00. The normalized spacial score (nSPS) is 16.9. The van der Waals surface area contributed by atoms with Crippen molar-refractivity contribution in [2.75, 3.05) is 5.32 Å². The van der Waals surface area contributed by atoms with Gasteiger partial charge in [0.05, 0.1) is 6.54 Å². The topological polar surface area (TPSA) is 111 Å². The second-order valence-corrected chi connectivity index (χ2v) is 5.28. The minimum absolute atomic E-state index is 0.0287. The average Bonchev–Trinajstić information content (AvgIpc) is 2.98. The van der Waals surface area contributed by atoms with Crippen molar-refractivity contribution in [3.63, 3.8) is 0 Å². The maximum atomic E-state index is 12.1. The van der Waals surface area contributed by atoms with E-state index in [1.54, 1.807) is 4.68 Å². The van der Waals surface area contributed by atoms with Gasteiger partial charge in [-0.15, -0.1) is 0 Å². The van der Waals surface area contributed by atoms with Gasteiger partial charge in [0.1, 0.15) is 24.0 Å². The van der Waals surface area contributed by atoms with Crippen LogP contribution in [-0.2, 0) is 27.1 Å². The average molecular weight is 301 g/mol. The summed E-state index contributed by atoms with van der Waals surface area (Å²) >= 11 is 0. The van der Waals surface area contributed by atoms with Gasteiger partial charge in [-0.1, -0.05) is 0 Å². The molecule has 0 aliphatic carbocycles. The van der Waals surface area contributed by atoms with Crippen molar-refractivity contribution in [3.8, 4) is 6.07 Å². The first-order chi connectivity index (χ1) is 10.5. The summed E-state index contributed by atoms with van der Waals surface area (Å²) in [5, 5.41) is 16.5. The highest BCUT2D eigenvalue weighted by Crippen LogP contribution is 2.17. The van der Waals surface area contributed by atoms with Crippen molar-refractivity contribution in [2.24, 2.45) is 14.1 Å². The maximum Gasteiger partial charge on any atom is 0.332 e. The highest BCUT2D eigenvalue weighted by atomic mass is 16.2. The van der Waals surface area contributed by atoms with Crippen LogP contribution in [0.5, 0.6) is 0 Å². The van der Waals surface area contributed by atoms with Crippen molar-refractivity contribution in [1.29, 1.82) is 5.26 Å². The number of hydrogen-bond donors (Lipinski definition) is 1. The second kappa shape index (κ2) is 5.14. The van der Waals surface area contributed by atoms with Crippen molar-refractivity contribution in [1.82, 2.24) is 23.9 Å². The molecular weight excluding hydrogens is 286 g/mol. The molecule has 1 aliphatic heterocycles. The summed E-state index contributed by atoms with van der Waals surface area (Å²) in [7, 11) is 2.90. The summed E-state index contributed by atoms with van der Waals surface area (Å²) in [5.41, 5.74) is -1.12. The third-order valence-electron chi connectivity index (χ3n) is 3.92. The van der Waals surface area contributed by atoms with Gasteiger partial charge in [0.25, 0.3) is 5.56 Å². The lowest BCUT2D eigenvalue weighted by atomic mass is 10.1. The SMILES string of the molecule is Cn1c(N[C@H]2CCc3ncnn3C2)c(C#N)c(=O)n(C)c1=O. The van der Waals surface area contributed by atoms with E-state index in [0.29, 0.717) is 6.54 Å². The van der Waals surface area contributed by atoms with E-state index in [-0.39, 0.29) is 17.4 Å². The van der Waals surface area contributed by atoms with Crippen LogP contribution in [0.4, 0.5) is 5.82 Å². The molecule has 0 unspecified atom stereocenters. The van der Waals surface area contributed by atoms with Gasteiger partial charge < -0.3 is 5.32 Å². The van der Waals surface area contributed by atoms with Crippen LogP contribution in [0, 0.1) is 11.3 Å². The molecule has 0 saturated carbocycles. The van der Waals surface area contributed by atoms with Crippen LogP contribution >= 0.6 is 0 Å². The molecule has 3 rings (SSSR count). The molecule has 1 N–H and O–H groups in total. The minimum Gasteiger partial charge on any atom is -0.365 e. The van der Waals surface area contributed by atoms with Gasteiger partial charge in [-0.2, -0.15) is 10.4 Å². The Labute approximate surface area is 125 Å². The molecule has 0 aromatic carbocycles. The molecule has 0 radical (unpaired) electrons. The van der Waals surface area contributed by atoms with Gasteiger partial charge in [0.15, 0.2) is 5.56 Å². The predicted octanol–water partition coefficient (Wildman–Crippen LogP) is -1.03. The molecule has 1 atom stereocenters. The Morgan fingerprint density at radius 3 is 2.86 bits per heavy atom. The Morgan fingerprint density at radius 1 is 1.36 bits per heavy atom. The maximum absolute atomic E-state index is 12.1. The largest absolute Gasteiger partial charge is 0.365 e. The number of nitrogens with one attached hydrogen (secondary N) is 1. The summed E-state index contributed by atoms with van der Waals surface area (Å²) in [6.45, 7) is 0.573. The number of fused-ring (bicyclic) bond motifs is 1. The molecule has 0 spiro atoms. The van der Waals surface area contributed by atoms with Crippen molar-refractivity contribution in [2.45, 2.75) is 25.4 Å².